The van der Waals surface area contributed by atoms with Crippen LogP contribution in [0.1, 0.15) is 11.1 Å². The van der Waals surface area contributed by atoms with Crippen molar-refractivity contribution < 1.29 is 13.2 Å². The fourth-order valence-electron chi connectivity index (χ4n) is 3.29. The van der Waals surface area contributed by atoms with E-state index in [0.29, 0.717) is 13.0 Å². The first-order valence-electron chi connectivity index (χ1n) is 9.08. The highest BCUT2D eigenvalue weighted by atomic mass is 32.2. The first-order chi connectivity index (χ1) is 13.5. The molecule has 8 heteroatoms. The Hall–Kier alpha value is -2.32. The molecule has 4 rings (SSSR count). The zero-order valence-corrected chi connectivity index (χ0v) is 16.8. The number of anilines is 1. The van der Waals surface area contributed by atoms with Gasteiger partial charge in [-0.15, -0.1) is 0 Å². The van der Waals surface area contributed by atoms with Crippen LogP contribution in [-0.2, 0) is 27.6 Å². The number of amides is 1. The highest BCUT2D eigenvalue weighted by Gasteiger charge is 2.42. The molecule has 2 atom stereocenters. The summed E-state index contributed by atoms with van der Waals surface area (Å²) in [5.41, 5.74) is 2.88. The number of nitrogens with zero attached hydrogens (tertiary/aromatic N) is 1. The van der Waals surface area contributed by atoms with Gasteiger partial charge in [0, 0.05) is 17.5 Å². The van der Waals surface area contributed by atoms with E-state index in [-0.39, 0.29) is 28.7 Å². The van der Waals surface area contributed by atoms with E-state index in [2.05, 4.69) is 15.6 Å². The van der Waals surface area contributed by atoms with E-state index in [1.165, 1.54) is 11.8 Å². The fraction of sp³-hybridized carbons (Fsp3) is 0.300. The molecule has 2 aromatic carbocycles. The zero-order chi connectivity index (χ0) is 19.6. The first-order valence-corrected chi connectivity index (χ1v) is 11.8. The maximum absolute atomic E-state index is 12.1. The van der Waals surface area contributed by atoms with Crippen molar-refractivity contribution in [1.82, 2.24) is 5.32 Å². The van der Waals surface area contributed by atoms with Crippen molar-refractivity contribution in [3.05, 3.63) is 65.7 Å². The van der Waals surface area contributed by atoms with E-state index in [4.69, 9.17) is 0 Å². The molecule has 2 aliphatic heterocycles. The molecule has 0 aromatic heterocycles. The minimum absolute atomic E-state index is 0.0191. The summed E-state index contributed by atoms with van der Waals surface area (Å²) in [5, 5.41) is 6.96. The summed E-state index contributed by atoms with van der Waals surface area (Å²) in [4.78, 5) is 16.6. The molecule has 1 fully saturated rings. The van der Waals surface area contributed by atoms with E-state index >= 15 is 0 Å². The minimum Gasteiger partial charge on any atom is -0.352 e. The Morgan fingerprint density at radius 2 is 1.79 bits per heavy atom. The third kappa shape index (κ3) is 4.74. The third-order valence-corrected chi connectivity index (χ3v) is 7.86. The Kier molecular flexibility index (Phi) is 5.41. The normalized spacial score (nSPS) is 22.4. The molecule has 0 saturated carbocycles. The van der Waals surface area contributed by atoms with Crippen LogP contribution < -0.4 is 10.6 Å². The predicted octanol–water partition coefficient (Wildman–Crippen LogP) is 2.23. The van der Waals surface area contributed by atoms with Crippen molar-refractivity contribution in [2.75, 3.05) is 16.8 Å². The Labute approximate surface area is 168 Å². The van der Waals surface area contributed by atoms with Crippen LogP contribution >= 0.6 is 11.8 Å². The van der Waals surface area contributed by atoms with Crippen LogP contribution in [0.2, 0.25) is 0 Å². The maximum atomic E-state index is 12.1. The number of carbonyl (C=O) groups excluding carboxylic acids is 1. The Balaban J connectivity index is 1.28. The second-order valence-corrected chi connectivity index (χ2v) is 10.4. The summed E-state index contributed by atoms with van der Waals surface area (Å²) in [7, 11) is -2.94. The maximum Gasteiger partial charge on any atom is 0.224 e. The summed E-state index contributed by atoms with van der Waals surface area (Å²) in [6.07, 6.45) is 0.324. The largest absolute Gasteiger partial charge is 0.352 e. The lowest BCUT2D eigenvalue weighted by molar-refractivity contribution is -0.120. The van der Waals surface area contributed by atoms with Gasteiger partial charge in [-0.05, 0) is 23.3 Å². The van der Waals surface area contributed by atoms with Gasteiger partial charge in [-0.2, -0.15) is 0 Å². The summed E-state index contributed by atoms with van der Waals surface area (Å²) in [6, 6.07) is 17.3. The molecule has 2 N–H and O–H groups in total. The monoisotopic (exact) mass is 415 g/mol. The Bertz CT molecular complexity index is 989. The fourth-order valence-corrected chi connectivity index (χ4v) is 6.97. The smallest absolute Gasteiger partial charge is 0.224 e. The van der Waals surface area contributed by atoms with Crippen LogP contribution in [0.15, 0.2) is 59.6 Å². The van der Waals surface area contributed by atoms with Gasteiger partial charge < -0.3 is 10.6 Å². The highest BCUT2D eigenvalue weighted by molar-refractivity contribution is 8.15. The molecule has 1 saturated heterocycles. The van der Waals surface area contributed by atoms with E-state index in [1.54, 1.807) is 0 Å². The Morgan fingerprint density at radius 3 is 2.50 bits per heavy atom. The number of benzene rings is 2. The predicted molar refractivity (Wildman–Crippen MR) is 113 cm³/mol. The molecular weight excluding hydrogens is 394 g/mol. The first kappa shape index (κ1) is 19.0. The molecule has 146 valence electrons. The number of hydrogen-bond acceptors (Lipinski definition) is 6. The molecule has 0 radical (unpaired) electrons. The molecule has 0 aliphatic carbocycles. The minimum atomic E-state index is -2.94. The van der Waals surface area contributed by atoms with Gasteiger partial charge in [0.1, 0.15) is 0 Å². The second-order valence-electron chi connectivity index (χ2n) is 7.00. The SMILES string of the molecule is O=C(Cc1ccc(NC2=N[C@H]3CS(=O)(=O)C[C@H]3S2)cc1)NCc1ccccc1. The van der Waals surface area contributed by atoms with Crippen LogP contribution in [0.25, 0.3) is 0 Å². The number of thioether (sulfide) groups is 1. The topological polar surface area (TPSA) is 87.6 Å². The standard InChI is InChI=1S/C20H21N3O3S2/c24-19(21-11-15-4-2-1-3-5-15)10-14-6-8-16(9-7-14)22-20-23-17-12-28(25,26)13-18(17)27-20/h1-9,17-18H,10-13H2,(H,21,24)(H,22,23)/t17-,18+/m0/s1. The highest BCUT2D eigenvalue weighted by Crippen LogP contribution is 2.34. The van der Waals surface area contributed by atoms with Crippen molar-refractivity contribution in [3.63, 3.8) is 0 Å². The van der Waals surface area contributed by atoms with E-state index in [9.17, 15) is 13.2 Å². The average Bonchev–Trinajstić information content (AvgIpc) is 3.15. The number of amidine groups is 1. The molecule has 2 heterocycles. The number of nitrogens with one attached hydrogen (secondary N) is 2. The van der Waals surface area contributed by atoms with E-state index in [1.807, 2.05) is 54.6 Å². The second kappa shape index (κ2) is 7.97. The quantitative estimate of drug-likeness (QED) is 0.782. The van der Waals surface area contributed by atoms with Crippen molar-refractivity contribution in [2.45, 2.75) is 24.3 Å². The van der Waals surface area contributed by atoms with Crippen molar-refractivity contribution >= 4 is 38.4 Å². The molecule has 6 nitrogen and oxygen atoms in total. The number of hydrogen-bond donors (Lipinski definition) is 2. The average molecular weight is 416 g/mol. The zero-order valence-electron chi connectivity index (χ0n) is 15.2. The molecule has 1 amide bonds. The van der Waals surface area contributed by atoms with Crippen LogP contribution in [0.3, 0.4) is 0 Å². The summed E-state index contributed by atoms with van der Waals surface area (Å²) < 4.78 is 23.3. The van der Waals surface area contributed by atoms with Gasteiger partial charge in [-0.3, -0.25) is 9.79 Å². The number of aliphatic imine (C=N–C) groups is 1. The van der Waals surface area contributed by atoms with Gasteiger partial charge in [-0.1, -0.05) is 54.2 Å². The number of carbonyl (C=O) groups is 1. The van der Waals surface area contributed by atoms with Crippen molar-refractivity contribution in [1.29, 1.82) is 0 Å². The molecule has 0 unspecified atom stereocenters. The van der Waals surface area contributed by atoms with E-state index < -0.39 is 9.84 Å². The Morgan fingerprint density at radius 1 is 1.04 bits per heavy atom. The van der Waals surface area contributed by atoms with Gasteiger partial charge in [0.15, 0.2) is 15.0 Å². The van der Waals surface area contributed by atoms with Gasteiger partial charge in [0.05, 0.1) is 24.0 Å². The molecule has 28 heavy (non-hydrogen) atoms. The van der Waals surface area contributed by atoms with Gasteiger partial charge in [-0.25, -0.2) is 8.42 Å². The summed E-state index contributed by atoms with van der Waals surface area (Å²) >= 11 is 1.49. The van der Waals surface area contributed by atoms with Crippen LogP contribution in [0.4, 0.5) is 5.69 Å². The van der Waals surface area contributed by atoms with E-state index in [0.717, 1.165) is 22.0 Å². The van der Waals surface area contributed by atoms with Crippen molar-refractivity contribution in [3.8, 4) is 0 Å². The molecular formula is C20H21N3O3S2. The van der Waals surface area contributed by atoms with Gasteiger partial charge in [0.25, 0.3) is 0 Å². The molecule has 0 bridgehead atoms. The molecule has 2 aromatic rings. The third-order valence-electron chi connectivity index (χ3n) is 4.72. The molecule has 0 spiro atoms. The van der Waals surface area contributed by atoms with Crippen molar-refractivity contribution in [2.24, 2.45) is 4.99 Å². The van der Waals surface area contributed by atoms with Crippen LogP contribution in [-0.4, -0.2) is 42.3 Å². The summed E-state index contributed by atoms with van der Waals surface area (Å²) in [5.74, 6) is 0.329. The van der Waals surface area contributed by atoms with Crippen LogP contribution in [0, 0.1) is 0 Å². The lowest BCUT2D eigenvalue weighted by Crippen LogP contribution is -2.24. The van der Waals surface area contributed by atoms with Gasteiger partial charge in [0.2, 0.25) is 5.91 Å². The lowest BCUT2D eigenvalue weighted by Gasteiger charge is -2.08. The molecule has 2 aliphatic rings. The summed E-state index contributed by atoms with van der Waals surface area (Å²) in [6.45, 7) is 0.522. The lowest BCUT2D eigenvalue weighted by atomic mass is 10.1. The number of fused-ring (bicyclic) bond motifs is 1. The number of rotatable bonds is 5. The van der Waals surface area contributed by atoms with Gasteiger partial charge >= 0.3 is 0 Å². The van der Waals surface area contributed by atoms with Crippen LogP contribution in [0.5, 0.6) is 0 Å². The number of sulfone groups is 1.